The largest absolute Gasteiger partial charge is 0.360 e. The molecule has 3 heterocycles. The molecule has 2 aliphatic rings. The highest BCUT2D eigenvalue weighted by molar-refractivity contribution is 4.95. The lowest BCUT2D eigenvalue weighted by Crippen LogP contribution is -2.43. The molecule has 0 spiro atoms. The highest BCUT2D eigenvalue weighted by Gasteiger charge is 2.33. The van der Waals surface area contributed by atoms with E-state index in [1.54, 1.807) is 6.20 Å². The maximum Gasteiger partial charge on any atom is 0.150 e. The average Bonchev–Trinajstić information content (AvgIpc) is 2.88. The Bertz CT molecular complexity index is 312. The van der Waals surface area contributed by atoms with Crippen molar-refractivity contribution in [3.63, 3.8) is 0 Å². The Morgan fingerprint density at radius 3 is 3.27 bits per heavy atom. The molecule has 2 aliphatic heterocycles. The number of fused-ring (bicyclic) bond motifs is 2. The smallest absolute Gasteiger partial charge is 0.150 e. The molecule has 2 fully saturated rings. The van der Waals surface area contributed by atoms with Crippen LogP contribution < -0.4 is 5.32 Å². The predicted octanol–water partition coefficient (Wildman–Crippen LogP) is 0.858. The van der Waals surface area contributed by atoms with Crippen LogP contribution in [0.25, 0.3) is 0 Å². The van der Waals surface area contributed by atoms with Crippen LogP contribution in [0.15, 0.2) is 16.8 Å². The Hall–Kier alpha value is -0.870. The number of hydrogen-bond acceptors (Lipinski definition) is 4. The summed E-state index contributed by atoms with van der Waals surface area (Å²) in [5.74, 6) is 1.79. The highest BCUT2D eigenvalue weighted by atomic mass is 16.5. The van der Waals surface area contributed by atoms with Crippen molar-refractivity contribution >= 4 is 0 Å². The summed E-state index contributed by atoms with van der Waals surface area (Å²) < 4.78 is 5.08. The lowest BCUT2D eigenvalue weighted by atomic mass is 9.94. The van der Waals surface area contributed by atoms with Crippen LogP contribution in [0.3, 0.4) is 0 Å². The van der Waals surface area contributed by atoms with E-state index >= 15 is 0 Å². The van der Waals surface area contributed by atoms with Crippen LogP contribution in [0, 0.1) is 5.92 Å². The summed E-state index contributed by atoms with van der Waals surface area (Å²) in [6.45, 7) is 4.66. The van der Waals surface area contributed by atoms with E-state index in [1.807, 2.05) is 6.07 Å². The average molecular weight is 207 g/mol. The van der Waals surface area contributed by atoms with E-state index in [0.29, 0.717) is 6.04 Å². The van der Waals surface area contributed by atoms with Crippen molar-refractivity contribution in [3.05, 3.63) is 18.0 Å². The zero-order valence-corrected chi connectivity index (χ0v) is 8.85. The van der Waals surface area contributed by atoms with E-state index in [9.17, 15) is 0 Å². The molecule has 3 atom stereocenters. The standard InChI is InChI=1S/C11H17N3O/c1-4-13-15-10(1)7-12-11-3-6-14-5-2-9(11)8-14/h1,4,9,11-12H,2-3,5-8H2. The van der Waals surface area contributed by atoms with Gasteiger partial charge in [0.2, 0.25) is 0 Å². The quantitative estimate of drug-likeness (QED) is 0.798. The van der Waals surface area contributed by atoms with Crippen LogP contribution in [0.4, 0.5) is 0 Å². The zero-order chi connectivity index (χ0) is 10.1. The zero-order valence-electron chi connectivity index (χ0n) is 8.85. The molecule has 3 unspecified atom stereocenters. The second-order valence-corrected chi connectivity index (χ2v) is 4.60. The second kappa shape index (κ2) is 3.94. The van der Waals surface area contributed by atoms with Gasteiger partial charge >= 0.3 is 0 Å². The van der Waals surface area contributed by atoms with Crippen molar-refractivity contribution in [2.75, 3.05) is 19.6 Å². The highest BCUT2D eigenvalue weighted by Crippen LogP contribution is 2.27. The summed E-state index contributed by atoms with van der Waals surface area (Å²) in [5.41, 5.74) is 0. The monoisotopic (exact) mass is 207 g/mol. The molecule has 2 saturated heterocycles. The van der Waals surface area contributed by atoms with Gasteiger partial charge in [-0.05, 0) is 31.8 Å². The van der Waals surface area contributed by atoms with Crippen LogP contribution in [-0.4, -0.2) is 35.7 Å². The van der Waals surface area contributed by atoms with Crippen molar-refractivity contribution < 1.29 is 4.52 Å². The molecule has 1 aromatic heterocycles. The third-order valence-corrected chi connectivity index (χ3v) is 3.66. The Morgan fingerprint density at radius 2 is 2.40 bits per heavy atom. The van der Waals surface area contributed by atoms with Crippen LogP contribution in [0.2, 0.25) is 0 Å². The fourth-order valence-electron chi connectivity index (χ4n) is 2.79. The van der Waals surface area contributed by atoms with E-state index in [2.05, 4.69) is 15.4 Å². The third-order valence-electron chi connectivity index (χ3n) is 3.66. The Kier molecular flexibility index (Phi) is 2.46. The molecule has 2 bridgehead atoms. The summed E-state index contributed by atoms with van der Waals surface area (Å²) in [5, 5.41) is 7.30. The minimum absolute atomic E-state index is 0.675. The number of nitrogens with zero attached hydrogens (tertiary/aromatic N) is 2. The van der Waals surface area contributed by atoms with Crippen molar-refractivity contribution in [1.29, 1.82) is 0 Å². The normalized spacial score (nSPS) is 34.5. The van der Waals surface area contributed by atoms with E-state index in [0.717, 1.165) is 18.2 Å². The Balaban J connectivity index is 1.55. The number of aromatic nitrogens is 1. The molecule has 0 aromatic carbocycles. The van der Waals surface area contributed by atoms with Gasteiger partial charge in [0.1, 0.15) is 5.76 Å². The summed E-state index contributed by atoms with van der Waals surface area (Å²) in [6, 6.07) is 2.60. The third kappa shape index (κ3) is 1.92. The lowest BCUT2D eigenvalue weighted by Gasteiger charge is -2.30. The molecular weight excluding hydrogens is 190 g/mol. The van der Waals surface area contributed by atoms with Gasteiger partial charge in [-0.1, -0.05) is 5.16 Å². The Labute approximate surface area is 89.6 Å². The van der Waals surface area contributed by atoms with Crippen LogP contribution in [0.5, 0.6) is 0 Å². The maximum absolute atomic E-state index is 5.08. The molecule has 1 N–H and O–H groups in total. The van der Waals surface area contributed by atoms with Crippen LogP contribution in [-0.2, 0) is 6.54 Å². The molecule has 4 nitrogen and oxygen atoms in total. The van der Waals surface area contributed by atoms with Crippen molar-refractivity contribution in [2.24, 2.45) is 5.92 Å². The van der Waals surface area contributed by atoms with Gasteiger partial charge in [-0.15, -0.1) is 0 Å². The van der Waals surface area contributed by atoms with Gasteiger partial charge in [-0.2, -0.15) is 0 Å². The summed E-state index contributed by atoms with van der Waals surface area (Å²) in [6.07, 6.45) is 4.34. The van der Waals surface area contributed by atoms with E-state index < -0.39 is 0 Å². The van der Waals surface area contributed by atoms with Gasteiger partial charge < -0.3 is 14.7 Å². The van der Waals surface area contributed by atoms with E-state index in [4.69, 9.17) is 4.52 Å². The molecule has 0 aliphatic carbocycles. The van der Waals surface area contributed by atoms with Gasteiger partial charge in [-0.3, -0.25) is 0 Å². The maximum atomic E-state index is 5.08. The number of hydrogen-bond donors (Lipinski definition) is 1. The van der Waals surface area contributed by atoms with Gasteiger partial charge in [-0.25, -0.2) is 0 Å². The molecule has 1 aromatic rings. The predicted molar refractivity (Wildman–Crippen MR) is 56.3 cm³/mol. The molecule has 3 rings (SSSR count). The first-order chi connectivity index (χ1) is 7.42. The molecule has 0 saturated carbocycles. The van der Waals surface area contributed by atoms with E-state index in [1.165, 1.54) is 32.5 Å². The topological polar surface area (TPSA) is 41.3 Å². The van der Waals surface area contributed by atoms with Crippen molar-refractivity contribution in [3.8, 4) is 0 Å². The van der Waals surface area contributed by atoms with Gasteiger partial charge in [0.15, 0.2) is 0 Å². The fraction of sp³-hybridized carbons (Fsp3) is 0.727. The minimum Gasteiger partial charge on any atom is -0.360 e. The minimum atomic E-state index is 0.675. The lowest BCUT2D eigenvalue weighted by molar-refractivity contribution is 0.216. The first-order valence-electron chi connectivity index (χ1n) is 5.77. The summed E-state index contributed by atoms with van der Waals surface area (Å²) in [7, 11) is 0. The molecule has 15 heavy (non-hydrogen) atoms. The molecule has 0 amide bonds. The Morgan fingerprint density at radius 1 is 1.47 bits per heavy atom. The van der Waals surface area contributed by atoms with Gasteiger partial charge in [0, 0.05) is 18.7 Å². The SMILES string of the molecule is c1cc(CNC2CCN3CCC2C3)on1. The fourth-order valence-corrected chi connectivity index (χ4v) is 2.79. The first kappa shape index (κ1) is 9.36. The number of nitrogens with one attached hydrogen (secondary N) is 1. The summed E-state index contributed by atoms with van der Waals surface area (Å²) >= 11 is 0. The van der Waals surface area contributed by atoms with Gasteiger partial charge in [0.05, 0.1) is 12.7 Å². The first-order valence-corrected chi connectivity index (χ1v) is 5.77. The van der Waals surface area contributed by atoms with Crippen LogP contribution in [0.1, 0.15) is 18.6 Å². The molecular formula is C11H17N3O. The van der Waals surface area contributed by atoms with Crippen molar-refractivity contribution in [1.82, 2.24) is 15.4 Å². The molecule has 82 valence electrons. The van der Waals surface area contributed by atoms with Crippen molar-refractivity contribution in [2.45, 2.75) is 25.4 Å². The summed E-state index contributed by atoms with van der Waals surface area (Å²) in [4.78, 5) is 2.57. The molecule has 4 heteroatoms. The van der Waals surface area contributed by atoms with Crippen LogP contribution >= 0.6 is 0 Å². The molecule has 0 radical (unpaired) electrons. The number of rotatable bonds is 3. The van der Waals surface area contributed by atoms with E-state index in [-0.39, 0.29) is 0 Å². The van der Waals surface area contributed by atoms with Gasteiger partial charge in [0.25, 0.3) is 0 Å². The second-order valence-electron chi connectivity index (χ2n) is 4.60. The number of piperidine rings is 1.